The van der Waals surface area contributed by atoms with Gasteiger partial charge in [0.15, 0.2) is 0 Å². The Labute approximate surface area is 124 Å². The van der Waals surface area contributed by atoms with Crippen LogP contribution in [-0.4, -0.2) is 49.8 Å². The SMILES string of the molecule is CC1CCN(CCCNC2C3CCOC3C2(C)C)CC1. The van der Waals surface area contributed by atoms with Gasteiger partial charge in [-0.3, -0.25) is 0 Å². The molecule has 3 nitrogen and oxygen atoms in total. The first-order chi connectivity index (χ1) is 9.59. The van der Waals surface area contributed by atoms with E-state index in [1.165, 1.54) is 51.9 Å². The minimum atomic E-state index is 0.335. The Kier molecular flexibility index (Phi) is 4.40. The van der Waals surface area contributed by atoms with Gasteiger partial charge in [0.2, 0.25) is 0 Å². The van der Waals surface area contributed by atoms with E-state index in [0.717, 1.165) is 18.4 Å². The Morgan fingerprint density at radius 3 is 2.70 bits per heavy atom. The van der Waals surface area contributed by atoms with E-state index < -0.39 is 0 Å². The van der Waals surface area contributed by atoms with E-state index in [1.807, 2.05) is 0 Å². The van der Waals surface area contributed by atoms with Crippen LogP contribution >= 0.6 is 0 Å². The van der Waals surface area contributed by atoms with Gasteiger partial charge in [-0.2, -0.15) is 0 Å². The van der Waals surface area contributed by atoms with Crippen molar-refractivity contribution in [1.82, 2.24) is 10.2 Å². The molecule has 1 N–H and O–H groups in total. The first-order valence-electron chi connectivity index (χ1n) is 8.66. The van der Waals surface area contributed by atoms with E-state index in [-0.39, 0.29) is 0 Å². The lowest BCUT2D eigenvalue weighted by Gasteiger charge is -2.55. The van der Waals surface area contributed by atoms with Gasteiger partial charge in [-0.15, -0.1) is 0 Å². The Hall–Kier alpha value is -0.120. The number of nitrogens with zero attached hydrogens (tertiary/aromatic N) is 1. The fourth-order valence-electron chi connectivity index (χ4n) is 4.58. The molecular weight excluding hydrogens is 248 g/mol. The summed E-state index contributed by atoms with van der Waals surface area (Å²) in [6.07, 6.45) is 5.85. The molecule has 3 rings (SSSR count). The molecule has 1 aliphatic carbocycles. The van der Waals surface area contributed by atoms with Crippen molar-refractivity contribution in [3.05, 3.63) is 0 Å². The molecule has 1 saturated carbocycles. The molecule has 3 unspecified atom stereocenters. The Morgan fingerprint density at radius 2 is 1.95 bits per heavy atom. The van der Waals surface area contributed by atoms with Crippen LogP contribution in [0, 0.1) is 17.3 Å². The standard InChI is InChI=1S/C17H32N2O/c1-13-5-10-19(11-6-13)9-4-8-18-15-14-7-12-20-16(14)17(15,2)3/h13-16,18H,4-12H2,1-3H3. The average Bonchev–Trinajstić information content (AvgIpc) is 2.87. The molecular formula is C17H32N2O. The number of likely N-dealkylation sites (tertiary alicyclic amines) is 1. The molecule has 3 fully saturated rings. The largest absolute Gasteiger partial charge is 0.377 e. The van der Waals surface area contributed by atoms with Crippen molar-refractivity contribution in [1.29, 1.82) is 0 Å². The van der Waals surface area contributed by atoms with Crippen LogP contribution in [0.5, 0.6) is 0 Å². The molecule has 20 heavy (non-hydrogen) atoms. The van der Waals surface area contributed by atoms with Gasteiger partial charge >= 0.3 is 0 Å². The van der Waals surface area contributed by atoms with Crippen molar-refractivity contribution in [2.45, 2.75) is 58.6 Å². The summed E-state index contributed by atoms with van der Waals surface area (Å²) in [6, 6.07) is 0.677. The molecule has 0 radical (unpaired) electrons. The average molecular weight is 280 g/mol. The van der Waals surface area contributed by atoms with Crippen molar-refractivity contribution in [3.8, 4) is 0 Å². The normalized spacial score (nSPS) is 37.6. The second kappa shape index (κ2) is 5.94. The number of fused-ring (bicyclic) bond motifs is 1. The van der Waals surface area contributed by atoms with Crippen LogP contribution in [0.3, 0.4) is 0 Å². The van der Waals surface area contributed by atoms with E-state index >= 15 is 0 Å². The van der Waals surface area contributed by atoms with Crippen LogP contribution < -0.4 is 5.32 Å². The highest BCUT2D eigenvalue weighted by atomic mass is 16.5. The molecule has 0 aromatic heterocycles. The first kappa shape index (κ1) is 14.8. The Morgan fingerprint density at radius 1 is 1.20 bits per heavy atom. The summed E-state index contributed by atoms with van der Waals surface area (Å²) in [5.41, 5.74) is 0.335. The molecule has 3 atom stereocenters. The van der Waals surface area contributed by atoms with Crippen molar-refractivity contribution < 1.29 is 4.74 Å². The lowest BCUT2D eigenvalue weighted by atomic mass is 9.57. The lowest BCUT2D eigenvalue weighted by Crippen LogP contribution is -2.65. The first-order valence-corrected chi connectivity index (χ1v) is 8.66. The quantitative estimate of drug-likeness (QED) is 0.783. The number of ether oxygens (including phenoxy) is 1. The maximum absolute atomic E-state index is 5.86. The molecule has 3 aliphatic rings. The molecule has 2 heterocycles. The van der Waals surface area contributed by atoms with Crippen molar-refractivity contribution >= 4 is 0 Å². The van der Waals surface area contributed by atoms with Crippen LogP contribution in [0.4, 0.5) is 0 Å². The fourth-order valence-corrected chi connectivity index (χ4v) is 4.58. The summed E-state index contributed by atoms with van der Waals surface area (Å²) in [6.45, 7) is 13.2. The van der Waals surface area contributed by atoms with Crippen LogP contribution in [-0.2, 0) is 4.74 Å². The van der Waals surface area contributed by atoms with Crippen molar-refractivity contribution in [2.75, 3.05) is 32.8 Å². The minimum Gasteiger partial charge on any atom is -0.377 e. The number of nitrogens with one attached hydrogen (secondary N) is 1. The molecule has 0 aromatic carbocycles. The predicted octanol–water partition coefficient (Wildman–Crippen LogP) is 2.51. The topological polar surface area (TPSA) is 24.5 Å². The second-order valence-electron chi connectivity index (χ2n) is 7.87. The van der Waals surface area contributed by atoms with Gasteiger partial charge in [-0.05, 0) is 57.8 Å². The van der Waals surface area contributed by atoms with Gasteiger partial charge in [-0.25, -0.2) is 0 Å². The smallest absolute Gasteiger partial charge is 0.0685 e. The third kappa shape index (κ3) is 2.77. The third-order valence-corrected chi connectivity index (χ3v) is 5.99. The summed E-state index contributed by atoms with van der Waals surface area (Å²) in [4.78, 5) is 2.65. The minimum absolute atomic E-state index is 0.335. The Bertz CT molecular complexity index is 323. The fraction of sp³-hybridized carbons (Fsp3) is 1.00. The van der Waals surface area contributed by atoms with E-state index in [1.54, 1.807) is 0 Å². The summed E-state index contributed by atoms with van der Waals surface area (Å²) in [7, 11) is 0. The van der Waals surface area contributed by atoms with Gasteiger partial charge in [0.05, 0.1) is 6.10 Å². The maximum Gasteiger partial charge on any atom is 0.0685 e. The van der Waals surface area contributed by atoms with Crippen molar-refractivity contribution in [3.63, 3.8) is 0 Å². The molecule has 3 heteroatoms. The van der Waals surface area contributed by atoms with Gasteiger partial charge in [0, 0.05) is 24.0 Å². The third-order valence-electron chi connectivity index (χ3n) is 5.99. The number of hydrogen-bond acceptors (Lipinski definition) is 3. The van der Waals surface area contributed by atoms with E-state index in [2.05, 4.69) is 31.0 Å². The zero-order valence-electron chi connectivity index (χ0n) is 13.5. The zero-order chi connectivity index (χ0) is 14.2. The summed E-state index contributed by atoms with van der Waals surface area (Å²) < 4.78 is 5.86. The van der Waals surface area contributed by atoms with Crippen LogP contribution in [0.15, 0.2) is 0 Å². The number of hydrogen-bond donors (Lipinski definition) is 1. The molecule has 0 amide bonds. The molecule has 2 saturated heterocycles. The van der Waals surface area contributed by atoms with Gasteiger partial charge in [-0.1, -0.05) is 20.8 Å². The molecule has 2 aliphatic heterocycles. The molecule has 0 bridgehead atoms. The number of rotatable bonds is 5. The van der Waals surface area contributed by atoms with Crippen LogP contribution in [0.2, 0.25) is 0 Å². The van der Waals surface area contributed by atoms with Crippen LogP contribution in [0.1, 0.15) is 46.5 Å². The van der Waals surface area contributed by atoms with Crippen LogP contribution in [0.25, 0.3) is 0 Å². The van der Waals surface area contributed by atoms with Gasteiger partial charge in [0.25, 0.3) is 0 Å². The van der Waals surface area contributed by atoms with E-state index in [4.69, 9.17) is 4.74 Å². The lowest BCUT2D eigenvalue weighted by molar-refractivity contribution is -0.112. The predicted molar refractivity (Wildman–Crippen MR) is 82.9 cm³/mol. The highest BCUT2D eigenvalue weighted by Crippen LogP contribution is 2.51. The Balaban J connectivity index is 1.34. The maximum atomic E-state index is 5.86. The summed E-state index contributed by atoms with van der Waals surface area (Å²) in [5, 5.41) is 3.82. The highest BCUT2D eigenvalue weighted by Gasteiger charge is 2.58. The van der Waals surface area contributed by atoms with Crippen molar-refractivity contribution in [2.24, 2.45) is 17.3 Å². The zero-order valence-corrected chi connectivity index (χ0v) is 13.5. The monoisotopic (exact) mass is 280 g/mol. The second-order valence-corrected chi connectivity index (χ2v) is 7.87. The molecule has 0 aromatic rings. The van der Waals surface area contributed by atoms with Gasteiger partial charge in [0.1, 0.15) is 0 Å². The van der Waals surface area contributed by atoms with E-state index in [0.29, 0.717) is 17.6 Å². The number of piperidine rings is 1. The van der Waals surface area contributed by atoms with Gasteiger partial charge < -0.3 is 15.0 Å². The molecule has 0 spiro atoms. The van der Waals surface area contributed by atoms with E-state index in [9.17, 15) is 0 Å². The highest BCUT2D eigenvalue weighted by molar-refractivity contribution is 5.11. The summed E-state index contributed by atoms with van der Waals surface area (Å²) in [5.74, 6) is 1.72. The molecule has 116 valence electrons. The summed E-state index contributed by atoms with van der Waals surface area (Å²) >= 11 is 0.